The maximum atomic E-state index is 14.1. The molecule has 1 unspecified atom stereocenters. The van der Waals surface area contributed by atoms with Crippen LogP contribution in [0.2, 0.25) is 10.0 Å². The molecule has 0 spiro atoms. The molecule has 64 heavy (non-hydrogen) atoms. The molecule has 8 rings (SSSR count). The van der Waals surface area contributed by atoms with Crippen LogP contribution in [0.3, 0.4) is 0 Å². The molecule has 330 valence electrons. The Morgan fingerprint density at radius 2 is 1.67 bits per heavy atom. The first kappa shape index (κ1) is 44.9. The van der Waals surface area contributed by atoms with Crippen molar-refractivity contribution in [2.24, 2.45) is 0 Å². The number of rotatable bonds is 17. The molecule has 0 saturated carbocycles. The minimum atomic E-state index is -1.44. The third-order valence-corrected chi connectivity index (χ3v) is 12.6. The summed E-state index contributed by atoms with van der Waals surface area (Å²) in [6, 6.07) is 26.0. The zero-order valence-electron chi connectivity index (χ0n) is 35.1. The normalized spacial score (nSPS) is 14.3. The highest BCUT2D eigenvalue weighted by Crippen LogP contribution is 2.48. The summed E-state index contributed by atoms with van der Waals surface area (Å²) in [5.74, 6) is -0.0621. The van der Waals surface area contributed by atoms with E-state index >= 15 is 0 Å². The Kier molecular flexibility index (Phi) is 14.3. The van der Waals surface area contributed by atoms with Crippen molar-refractivity contribution in [3.8, 4) is 50.3 Å². The molecule has 2 N–H and O–H groups in total. The molecule has 4 heterocycles. The number of aliphatic carboxylic acids is 1. The van der Waals surface area contributed by atoms with Gasteiger partial charge in [-0.05, 0) is 96.7 Å². The van der Waals surface area contributed by atoms with Crippen LogP contribution in [0.1, 0.15) is 23.2 Å². The Labute approximate surface area is 383 Å². The van der Waals surface area contributed by atoms with Gasteiger partial charge in [-0.15, -0.1) is 11.3 Å². The Morgan fingerprint density at radius 1 is 0.906 bits per heavy atom. The zero-order valence-corrected chi connectivity index (χ0v) is 37.4. The highest BCUT2D eigenvalue weighted by molar-refractivity contribution is 7.22. The lowest BCUT2D eigenvalue weighted by Gasteiger charge is -2.33. The number of carboxylic acids is 1. The van der Waals surface area contributed by atoms with E-state index in [2.05, 4.69) is 31.8 Å². The third kappa shape index (κ3) is 10.8. The summed E-state index contributed by atoms with van der Waals surface area (Å²) in [5.41, 5.74) is 4.71. The lowest BCUT2D eigenvalue weighted by atomic mass is 9.99. The number of carbonyl (C=O) groups is 1. The van der Waals surface area contributed by atoms with E-state index in [9.17, 15) is 19.4 Å². The van der Waals surface area contributed by atoms with Gasteiger partial charge in [0.2, 0.25) is 12.0 Å². The fourth-order valence-corrected chi connectivity index (χ4v) is 9.40. The van der Waals surface area contributed by atoms with Crippen LogP contribution in [0, 0.1) is 5.82 Å². The first-order valence-corrected chi connectivity index (χ1v) is 22.3. The number of β-amino-alcohol motifs (C(OH)–C–C–N with tert-alkyl or cyclic N) is 1. The maximum absolute atomic E-state index is 14.1. The number of aliphatic hydroxyl groups excluding tert-OH is 1. The van der Waals surface area contributed by atoms with E-state index in [1.165, 1.54) is 29.8 Å². The molecule has 16 heteroatoms. The number of hydrogen-bond donors (Lipinski definition) is 2. The summed E-state index contributed by atoms with van der Waals surface area (Å²) in [4.78, 5) is 37.2. The number of hydrogen-bond acceptors (Lipinski definition) is 12. The number of likely N-dealkylation sites (N-methyl/N-ethyl adjacent to an activating group) is 1. The Balaban J connectivity index is 1.11. The summed E-state index contributed by atoms with van der Waals surface area (Å²) in [6.07, 6.45) is 1.94. The van der Waals surface area contributed by atoms with Crippen molar-refractivity contribution in [1.29, 1.82) is 0 Å². The van der Waals surface area contributed by atoms with Gasteiger partial charge >= 0.3 is 5.97 Å². The summed E-state index contributed by atoms with van der Waals surface area (Å²) >= 11 is 14.3. The van der Waals surface area contributed by atoms with E-state index < -0.39 is 24.0 Å². The molecule has 1 aliphatic rings. The number of carboxylic acid groups (broad SMARTS) is 1. The number of fused-ring (bicyclic) bond motifs is 1. The van der Waals surface area contributed by atoms with Gasteiger partial charge in [-0.3, -0.25) is 4.90 Å². The lowest BCUT2D eigenvalue weighted by molar-refractivity contribution is -0.145. The predicted molar refractivity (Wildman–Crippen MR) is 247 cm³/mol. The van der Waals surface area contributed by atoms with Crippen LogP contribution in [-0.2, 0) is 24.2 Å². The van der Waals surface area contributed by atoms with E-state index in [-0.39, 0.29) is 18.9 Å². The summed E-state index contributed by atoms with van der Waals surface area (Å²) in [5, 5.41) is 23.1. The van der Waals surface area contributed by atoms with Gasteiger partial charge in [0, 0.05) is 65.8 Å². The first-order chi connectivity index (χ1) is 31.0. The molecule has 2 atom stereocenters. The van der Waals surface area contributed by atoms with Gasteiger partial charge in [0.1, 0.15) is 35.1 Å². The standard InChI is InChI=1S/C48H45Cl2FN6O6S/c1-56-17-19-57(20-18-56)26-37(58)13-7-29-8-14-39(62-27-36-15-16-52-45(55-36)38-5-3-4-6-40(38)61-2)31(21-29)24-41(48(59)60)63-46-43-42(32-22-33(49)25-34(50)23-32)44(64-47(43)54-28-53-46)30-9-11-35(51)12-10-30/h3-6,8-12,14-16,21-23,25,28,37,41,58H,7,13,17-20,24,26-27H2,1-2H3,(H,59,60)/t37?,41-/m0/s1. The van der Waals surface area contributed by atoms with E-state index in [1.807, 2.05) is 42.5 Å². The summed E-state index contributed by atoms with van der Waals surface area (Å²) in [7, 11) is 3.69. The van der Waals surface area contributed by atoms with Gasteiger partial charge in [-0.2, -0.15) is 0 Å². The smallest absolute Gasteiger partial charge is 0.345 e. The second-order valence-electron chi connectivity index (χ2n) is 15.6. The number of piperazine rings is 1. The quantitative estimate of drug-likeness (QED) is 0.0900. The number of thiophene rings is 1. The third-order valence-electron chi connectivity index (χ3n) is 11.0. The molecule has 1 aliphatic heterocycles. The minimum Gasteiger partial charge on any atom is -0.496 e. The fraction of sp³-hybridized carbons (Fsp3) is 0.271. The van der Waals surface area contributed by atoms with Crippen molar-refractivity contribution in [2.75, 3.05) is 46.9 Å². The van der Waals surface area contributed by atoms with Gasteiger partial charge < -0.3 is 29.3 Å². The number of aryl methyl sites for hydroxylation is 1. The lowest BCUT2D eigenvalue weighted by Crippen LogP contribution is -2.47. The second-order valence-corrected chi connectivity index (χ2v) is 17.4. The average molecular weight is 924 g/mol. The van der Waals surface area contributed by atoms with Crippen LogP contribution in [-0.4, -0.2) is 105 Å². The molecule has 7 aromatic rings. The average Bonchev–Trinajstić information content (AvgIpc) is 3.69. The molecule has 0 amide bonds. The number of nitrogens with zero attached hydrogens (tertiary/aromatic N) is 6. The van der Waals surface area contributed by atoms with Crippen molar-refractivity contribution in [1.82, 2.24) is 29.7 Å². The molecule has 0 bridgehead atoms. The number of halogens is 3. The number of methoxy groups -OCH3 is 1. The van der Waals surface area contributed by atoms with E-state index in [0.29, 0.717) is 89.8 Å². The highest BCUT2D eigenvalue weighted by atomic mass is 35.5. The number of benzene rings is 4. The van der Waals surface area contributed by atoms with E-state index in [0.717, 1.165) is 37.3 Å². The number of aromatic nitrogens is 4. The van der Waals surface area contributed by atoms with Gasteiger partial charge in [0.25, 0.3) is 0 Å². The molecule has 0 radical (unpaired) electrons. The van der Waals surface area contributed by atoms with E-state index in [1.54, 1.807) is 49.7 Å². The Bertz CT molecular complexity index is 2730. The highest BCUT2D eigenvalue weighted by Gasteiger charge is 2.28. The van der Waals surface area contributed by atoms with Gasteiger partial charge in [-0.25, -0.2) is 29.1 Å². The van der Waals surface area contributed by atoms with Crippen LogP contribution < -0.4 is 14.2 Å². The molecular formula is C48H45Cl2FN6O6S. The van der Waals surface area contributed by atoms with Crippen LogP contribution in [0.5, 0.6) is 17.4 Å². The van der Waals surface area contributed by atoms with Crippen molar-refractivity contribution >= 4 is 50.7 Å². The van der Waals surface area contributed by atoms with Crippen LogP contribution in [0.15, 0.2) is 104 Å². The monoisotopic (exact) mass is 922 g/mol. The molecule has 12 nitrogen and oxygen atoms in total. The Hall–Kier alpha value is -5.74. The topological polar surface area (TPSA) is 143 Å². The summed E-state index contributed by atoms with van der Waals surface area (Å²) < 4.78 is 32.5. The molecule has 0 aliphatic carbocycles. The second kappa shape index (κ2) is 20.4. The molecular weight excluding hydrogens is 879 g/mol. The van der Waals surface area contributed by atoms with Crippen molar-refractivity contribution < 1.29 is 33.6 Å². The number of aliphatic hydroxyl groups is 1. The maximum Gasteiger partial charge on any atom is 0.345 e. The van der Waals surface area contributed by atoms with Gasteiger partial charge in [-0.1, -0.05) is 59.6 Å². The molecule has 1 saturated heterocycles. The molecule has 3 aromatic heterocycles. The van der Waals surface area contributed by atoms with E-state index in [4.69, 9.17) is 42.4 Å². The number of para-hydroxylation sites is 1. The van der Waals surface area contributed by atoms with Gasteiger partial charge in [0.05, 0.1) is 29.9 Å². The van der Waals surface area contributed by atoms with Crippen molar-refractivity contribution in [3.63, 3.8) is 0 Å². The Morgan fingerprint density at radius 3 is 2.42 bits per heavy atom. The zero-order chi connectivity index (χ0) is 44.7. The minimum absolute atomic E-state index is 0.0311. The van der Waals surface area contributed by atoms with Crippen molar-refractivity contribution in [3.05, 3.63) is 136 Å². The predicted octanol–water partition coefficient (Wildman–Crippen LogP) is 9.13. The van der Waals surface area contributed by atoms with Gasteiger partial charge in [0.15, 0.2) is 5.82 Å². The largest absolute Gasteiger partial charge is 0.496 e. The first-order valence-electron chi connectivity index (χ1n) is 20.7. The fourth-order valence-electron chi connectivity index (χ4n) is 7.72. The van der Waals surface area contributed by atoms with Crippen molar-refractivity contribution in [2.45, 2.75) is 38.1 Å². The SMILES string of the molecule is COc1ccccc1-c1nccc(COc2ccc(CCC(O)CN3CCN(C)CC3)cc2C[C@H](Oc2ncnc3sc(-c4ccc(F)cc4)c(-c4cc(Cl)cc(Cl)c4)c23)C(=O)O)n1. The molecule has 1 fully saturated rings. The molecule has 4 aromatic carbocycles. The summed E-state index contributed by atoms with van der Waals surface area (Å²) in [6.45, 7) is 4.35. The van der Waals surface area contributed by atoms with Crippen LogP contribution in [0.4, 0.5) is 4.39 Å². The van der Waals surface area contributed by atoms with Crippen LogP contribution >= 0.6 is 34.5 Å². The van der Waals surface area contributed by atoms with Crippen LogP contribution in [0.25, 0.3) is 43.2 Å². The number of ether oxygens (including phenoxy) is 3.